The number of nitrogens with one attached hydrogen (secondary N) is 1. The first-order valence-electron chi connectivity index (χ1n) is 9.62. The molecule has 1 aliphatic rings. The van der Waals surface area contributed by atoms with Crippen LogP contribution in [0.2, 0.25) is 0 Å². The summed E-state index contributed by atoms with van der Waals surface area (Å²) < 4.78 is 37.9. The fourth-order valence-corrected chi connectivity index (χ4v) is 5.35. The highest BCUT2D eigenvalue weighted by Gasteiger charge is 2.31. The summed E-state index contributed by atoms with van der Waals surface area (Å²) in [6.07, 6.45) is 2.49. The SMILES string of the molecule is C[C@@H]1C[C@H](C)CN(S(=O)(=O)c2ccc(C(=O)Nc3nnc(-c4ccco4)o3)cc2)C1. The molecule has 2 atom stereocenters. The van der Waals surface area contributed by atoms with E-state index in [1.807, 2.05) is 0 Å². The molecule has 1 amide bonds. The fourth-order valence-electron chi connectivity index (χ4n) is 3.67. The van der Waals surface area contributed by atoms with Crippen molar-refractivity contribution in [1.29, 1.82) is 0 Å². The van der Waals surface area contributed by atoms with E-state index in [0.29, 0.717) is 30.7 Å². The highest BCUT2D eigenvalue weighted by molar-refractivity contribution is 7.89. The van der Waals surface area contributed by atoms with Crippen molar-refractivity contribution in [2.24, 2.45) is 11.8 Å². The van der Waals surface area contributed by atoms with Gasteiger partial charge in [0.05, 0.1) is 11.2 Å². The summed E-state index contributed by atoms with van der Waals surface area (Å²) in [6, 6.07) is 9.05. The molecular formula is C20H22N4O5S. The summed E-state index contributed by atoms with van der Waals surface area (Å²) in [5.41, 5.74) is 0.270. The third-order valence-electron chi connectivity index (χ3n) is 4.97. The van der Waals surface area contributed by atoms with Crippen molar-refractivity contribution in [2.45, 2.75) is 25.2 Å². The van der Waals surface area contributed by atoms with Crippen molar-refractivity contribution in [1.82, 2.24) is 14.5 Å². The maximum atomic E-state index is 12.9. The standard InChI is InChI=1S/C20H22N4O5S/c1-13-10-14(2)12-24(11-13)30(26,27)16-7-5-15(6-8-16)18(25)21-20-23-22-19(29-20)17-4-3-9-28-17/h3-9,13-14H,10-12H2,1-2H3,(H,21,23,25)/t13-,14+. The van der Waals surface area contributed by atoms with Gasteiger partial charge in [-0.3, -0.25) is 10.1 Å². The van der Waals surface area contributed by atoms with Gasteiger partial charge in [0.15, 0.2) is 5.76 Å². The van der Waals surface area contributed by atoms with Crippen LogP contribution in [-0.4, -0.2) is 41.9 Å². The minimum atomic E-state index is -3.60. The molecule has 1 aromatic carbocycles. The average molecular weight is 430 g/mol. The van der Waals surface area contributed by atoms with Crippen LogP contribution >= 0.6 is 0 Å². The number of piperidine rings is 1. The maximum absolute atomic E-state index is 12.9. The van der Waals surface area contributed by atoms with E-state index in [1.165, 1.54) is 34.8 Å². The summed E-state index contributed by atoms with van der Waals surface area (Å²) in [5.74, 6) is 0.664. The van der Waals surface area contributed by atoms with Crippen LogP contribution < -0.4 is 5.32 Å². The molecule has 3 heterocycles. The van der Waals surface area contributed by atoms with E-state index in [2.05, 4.69) is 29.4 Å². The zero-order valence-electron chi connectivity index (χ0n) is 16.6. The minimum Gasteiger partial charge on any atom is -0.459 e. The van der Waals surface area contributed by atoms with Crippen molar-refractivity contribution < 1.29 is 22.0 Å². The molecular weight excluding hydrogens is 408 g/mol. The van der Waals surface area contributed by atoms with Gasteiger partial charge in [0.2, 0.25) is 10.0 Å². The molecule has 158 valence electrons. The van der Waals surface area contributed by atoms with Gasteiger partial charge in [-0.25, -0.2) is 8.42 Å². The van der Waals surface area contributed by atoms with Crippen LogP contribution in [0.3, 0.4) is 0 Å². The van der Waals surface area contributed by atoms with Crippen molar-refractivity contribution in [2.75, 3.05) is 18.4 Å². The third kappa shape index (κ3) is 4.14. The number of amides is 1. The lowest BCUT2D eigenvalue weighted by molar-refractivity contribution is 0.102. The highest BCUT2D eigenvalue weighted by atomic mass is 32.2. The maximum Gasteiger partial charge on any atom is 0.322 e. The van der Waals surface area contributed by atoms with E-state index in [4.69, 9.17) is 8.83 Å². The Kier molecular flexibility index (Phi) is 5.44. The molecule has 0 saturated carbocycles. The molecule has 2 aromatic heterocycles. The van der Waals surface area contributed by atoms with Crippen molar-refractivity contribution in [3.63, 3.8) is 0 Å². The number of aromatic nitrogens is 2. The quantitative estimate of drug-likeness (QED) is 0.660. The van der Waals surface area contributed by atoms with E-state index in [9.17, 15) is 13.2 Å². The van der Waals surface area contributed by atoms with Crippen LogP contribution in [0.15, 0.2) is 56.4 Å². The Bertz CT molecular complexity index is 1110. The van der Waals surface area contributed by atoms with Gasteiger partial charge in [-0.15, -0.1) is 5.10 Å². The predicted octanol–water partition coefficient (Wildman–Crippen LogP) is 3.25. The Hall–Kier alpha value is -2.98. The molecule has 0 aliphatic carbocycles. The molecule has 1 N–H and O–H groups in total. The van der Waals surface area contributed by atoms with Crippen LogP contribution in [0, 0.1) is 11.8 Å². The molecule has 0 radical (unpaired) electrons. The molecule has 10 heteroatoms. The Balaban J connectivity index is 1.46. The second kappa shape index (κ2) is 8.04. The molecule has 1 saturated heterocycles. The van der Waals surface area contributed by atoms with Gasteiger partial charge in [0.1, 0.15) is 0 Å². The van der Waals surface area contributed by atoms with Gasteiger partial charge in [0.25, 0.3) is 11.8 Å². The number of anilines is 1. The fraction of sp³-hybridized carbons (Fsp3) is 0.350. The van der Waals surface area contributed by atoms with E-state index >= 15 is 0 Å². The summed E-state index contributed by atoms with van der Waals surface area (Å²) in [4.78, 5) is 12.6. The van der Waals surface area contributed by atoms with E-state index < -0.39 is 15.9 Å². The number of nitrogens with zero attached hydrogens (tertiary/aromatic N) is 3. The normalized spacial score (nSPS) is 20.2. The number of hydrogen-bond donors (Lipinski definition) is 1. The second-order valence-corrected chi connectivity index (χ2v) is 9.57. The molecule has 0 spiro atoms. The molecule has 1 fully saturated rings. The number of rotatable bonds is 5. The van der Waals surface area contributed by atoms with E-state index in [1.54, 1.807) is 12.1 Å². The lowest BCUT2D eigenvalue weighted by atomic mass is 9.94. The lowest BCUT2D eigenvalue weighted by Gasteiger charge is -2.34. The number of sulfonamides is 1. The molecule has 4 rings (SSSR count). The Morgan fingerprint density at radius 1 is 1.10 bits per heavy atom. The van der Waals surface area contributed by atoms with E-state index in [0.717, 1.165) is 6.42 Å². The van der Waals surface area contributed by atoms with Crippen molar-refractivity contribution >= 4 is 21.9 Å². The zero-order valence-corrected chi connectivity index (χ0v) is 17.4. The number of carbonyl (C=O) groups is 1. The third-order valence-corrected chi connectivity index (χ3v) is 6.81. The average Bonchev–Trinajstić information content (AvgIpc) is 3.39. The Labute approximate surface area is 174 Å². The van der Waals surface area contributed by atoms with Gasteiger partial charge in [-0.2, -0.15) is 4.31 Å². The van der Waals surface area contributed by atoms with Crippen LogP contribution in [0.25, 0.3) is 11.7 Å². The predicted molar refractivity (Wildman–Crippen MR) is 108 cm³/mol. The van der Waals surface area contributed by atoms with Crippen LogP contribution in [0.5, 0.6) is 0 Å². The van der Waals surface area contributed by atoms with Gasteiger partial charge in [-0.05, 0) is 54.7 Å². The van der Waals surface area contributed by atoms with Gasteiger partial charge < -0.3 is 8.83 Å². The first-order chi connectivity index (χ1) is 14.3. The largest absolute Gasteiger partial charge is 0.459 e. The Morgan fingerprint density at radius 3 is 2.43 bits per heavy atom. The second-order valence-electron chi connectivity index (χ2n) is 7.64. The van der Waals surface area contributed by atoms with Gasteiger partial charge in [0, 0.05) is 18.7 Å². The Morgan fingerprint density at radius 2 is 1.80 bits per heavy atom. The molecule has 1 aliphatic heterocycles. The molecule has 9 nitrogen and oxygen atoms in total. The minimum absolute atomic E-state index is 0.0839. The highest BCUT2D eigenvalue weighted by Crippen LogP contribution is 2.27. The zero-order chi connectivity index (χ0) is 21.3. The van der Waals surface area contributed by atoms with Crippen LogP contribution in [0.1, 0.15) is 30.6 Å². The van der Waals surface area contributed by atoms with Crippen molar-refractivity contribution in [3.05, 3.63) is 48.2 Å². The lowest BCUT2D eigenvalue weighted by Crippen LogP contribution is -2.42. The number of carbonyl (C=O) groups excluding carboxylic acids is 1. The number of hydrogen-bond acceptors (Lipinski definition) is 7. The van der Waals surface area contributed by atoms with Crippen LogP contribution in [-0.2, 0) is 10.0 Å². The summed E-state index contributed by atoms with van der Waals surface area (Å²) in [5, 5.41) is 10.1. The summed E-state index contributed by atoms with van der Waals surface area (Å²) in [6.45, 7) is 5.12. The van der Waals surface area contributed by atoms with E-state index in [-0.39, 0.29) is 22.4 Å². The van der Waals surface area contributed by atoms with Gasteiger partial charge >= 0.3 is 6.01 Å². The summed E-state index contributed by atoms with van der Waals surface area (Å²) in [7, 11) is -3.60. The smallest absolute Gasteiger partial charge is 0.322 e. The number of furan rings is 1. The summed E-state index contributed by atoms with van der Waals surface area (Å²) >= 11 is 0. The molecule has 30 heavy (non-hydrogen) atoms. The van der Waals surface area contributed by atoms with Crippen molar-refractivity contribution in [3.8, 4) is 11.7 Å². The molecule has 0 bridgehead atoms. The topological polar surface area (TPSA) is 119 Å². The monoisotopic (exact) mass is 430 g/mol. The first kappa shape index (κ1) is 20.3. The van der Waals surface area contributed by atoms with Gasteiger partial charge in [-0.1, -0.05) is 18.9 Å². The number of benzene rings is 1. The first-order valence-corrected chi connectivity index (χ1v) is 11.1. The molecule has 3 aromatic rings. The van der Waals surface area contributed by atoms with Crippen LogP contribution in [0.4, 0.5) is 6.01 Å². The molecule has 0 unspecified atom stereocenters.